The summed E-state index contributed by atoms with van der Waals surface area (Å²) in [7, 11) is 0. The Kier molecular flexibility index (Phi) is 7.49. The summed E-state index contributed by atoms with van der Waals surface area (Å²) >= 11 is 0. The number of carboxylic acids is 1. The van der Waals surface area contributed by atoms with Crippen LogP contribution in [0.25, 0.3) is 0 Å². The summed E-state index contributed by atoms with van der Waals surface area (Å²) in [4.78, 5) is 16.0. The Balaban J connectivity index is 1.57. The summed E-state index contributed by atoms with van der Waals surface area (Å²) in [6, 6.07) is 2.42. The Labute approximate surface area is 172 Å². The van der Waals surface area contributed by atoms with Gasteiger partial charge in [-0.05, 0) is 50.0 Å². The van der Waals surface area contributed by atoms with Crippen LogP contribution in [0.3, 0.4) is 0 Å². The summed E-state index contributed by atoms with van der Waals surface area (Å²) in [6.45, 7) is 2.79. The third kappa shape index (κ3) is 6.39. The van der Waals surface area contributed by atoms with Crippen LogP contribution in [0.2, 0.25) is 0 Å². The third-order valence-corrected chi connectivity index (χ3v) is 6.15. The molecule has 2 aliphatic carbocycles. The molecule has 0 bridgehead atoms. The molecule has 2 saturated carbocycles. The number of aliphatic carboxylic acids is 1. The minimum Gasteiger partial charge on any atom is -0.490 e. The van der Waals surface area contributed by atoms with Crippen molar-refractivity contribution in [2.45, 2.75) is 76.0 Å². The molecule has 162 valence electrons. The van der Waals surface area contributed by atoms with E-state index in [-0.39, 0.29) is 19.1 Å². The van der Waals surface area contributed by atoms with Gasteiger partial charge in [-0.1, -0.05) is 19.8 Å². The van der Waals surface area contributed by atoms with Gasteiger partial charge in [0.2, 0.25) is 0 Å². The molecule has 3 rings (SSSR count). The third-order valence-electron chi connectivity index (χ3n) is 6.15. The SMILES string of the molecule is CC1CCC(Oc2ccnc(C[C@](O)(C(=O)O)[C@@H](N)COCCC3CC3)c2)CC1. The topological polar surface area (TPSA) is 115 Å². The molecule has 7 heteroatoms. The number of pyridine rings is 1. The molecule has 7 nitrogen and oxygen atoms in total. The minimum atomic E-state index is -2.15. The number of hydrogen-bond acceptors (Lipinski definition) is 6. The number of hydrogen-bond donors (Lipinski definition) is 3. The number of nitrogens with two attached hydrogens (primary N) is 1. The summed E-state index contributed by atoms with van der Waals surface area (Å²) in [6.07, 6.45) is 9.30. The average molecular weight is 407 g/mol. The molecule has 0 unspecified atom stereocenters. The molecule has 2 fully saturated rings. The van der Waals surface area contributed by atoms with Gasteiger partial charge in [-0.3, -0.25) is 4.98 Å². The predicted molar refractivity (Wildman–Crippen MR) is 109 cm³/mol. The Bertz CT molecular complexity index is 673. The maximum absolute atomic E-state index is 11.8. The van der Waals surface area contributed by atoms with E-state index in [0.29, 0.717) is 18.1 Å². The van der Waals surface area contributed by atoms with E-state index in [1.165, 1.54) is 12.8 Å². The number of aromatic nitrogens is 1. The Hall–Kier alpha value is -1.70. The Morgan fingerprint density at radius 2 is 2.03 bits per heavy atom. The molecule has 1 aromatic heterocycles. The van der Waals surface area contributed by atoms with E-state index in [2.05, 4.69) is 11.9 Å². The van der Waals surface area contributed by atoms with Gasteiger partial charge in [-0.25, -0.2) is 4.79 Å². The van der Waals surface area contributed by atoms with Crippen LogP contribution in [0.5, 0.6) is 5.75 Å². The van der Waals surface area contributed by atoms with Crippen molar-refractivity contribution in [3.8, 4) is 5.75 Å². The standard InChI is InChI=1S/C22H34N2O5/c1-15-2-6-18(7-3-15)29-19-8-10-24-17(12-19)13-22(27,21(25)26)20(23)14-28-11-9-16-4-5-16/h8,10,12,15-16,18,20,27H,2-7,9,11,13-14,23H2,1H3,(H,25,26)/t15?,18?,20-,22+/m0/s1. The fourth-order valence-electron chi connectivity index (χ4n) is 3.81. The van der Waals surface area contributed by atoms with Crippen molar-refractivity contribution in [1.82, 2.24) is 4.98 Å². The highest BCUT2D eigenvalue weighted by atomic mass is 16.5. The van der Waals surface area contributed by atoms with Gasteiger partial charge in [-0.2, -0.15) is 0 Å². The quantitative estimate of drug-likeness (QED) is 0.484. The smallest absolute Gasteiger partial charge is 0.337 e. The van der Waals surface area contributed by atoms with Crippen LogP contribution >= 0.6 is 0 Å². The van der Waals surface area contributed by atoms with E-state index in [9.17, 15) is 15.0 Å². The molecular formula is C22H34N2O5. The van der Waals surface area contributed by atoms with Crippen molar-refractivity contribution in [3.05, 3.63) is 24.0 Å². The molecule has 0 aliphatic heterocycles. The molecule has 0 spiro atoms. The van der Waals surface area contributed by atoms with Crippen molar-refractivity contribution in [2.75, 3.05) is 13.2 Å². The fourth-order valence-corrected chi connectivity index (χ4v) is 3.81. The van der Waals surface area contributed by atoms with Gasteiger partial charge < -0.3 is 25.4 Å². The number of nitrogens with zero attached hydrogens (tertiary/aromatic N) is 1. The first-order valence-electron chi connectivity index (χ1n) is 10.8. The lowest BCUT2D eigenvalue weighted by molar-refractivity contribution is -0.162. The maximum Gasteiger partial charge on any atom is 0.337 e. The number of ether oxygens (including phenoxy) is 2. The molecule has 2 aliphatic rings. The van der Waals surface area contributed by atoms with Crippen LogP contribution in [0.15, 0.2) is 18.3 Å². The molecular weight excluding hydrogens is 372 g/mol. The van der Waals surface area contributed by atoms with Gasteiger partial charge in [0.15, 0.2) is 5.60 Å². The first-order valence-corrected chi connectivity index (χ1v) is 10.8. The number of carbonyl (C=O) groups is 1. The average Bonchev–Trinajstić information content (AvgIpc) is 3.51. The molecule has 2 atom stereocenters. The van der Waals surface area contributed by atoms with E-state index in [4.69, 9.17) is 15.2 Å². The second-order valence-electron chi connectivity index (χ2n) is 8.80. The van der Waals surface area contributed by atoms with Crippen LogP contribution < -0.4 is 10.5 Å². The normalized spacial score (nSPS) is 25.2. The summed E-state index contributed by atoms with van der Waals surface area (Å²) < 4.78 is 11.6. The lowest BCUT2D eigenvalue weighted by Crippen LogP contribution is -2.57. The molecule has 0 radical (unpaired) electrons. The van der Waals surface area contributed by atoms with Crippen molar-refractivity contribution in [2.24, 2.45) is 17.6 Å². The highest BCUT2D eigenvalue weighted by molar-refractivity contribution is 5.78. The van der Waals surface area contributed by atoms with Crippen molar-refractivity contribution in [3.63, 3.8) is 0 Å². The minimum absolute atomic E-state index is 0.00797. The van der Waals surface area contributed by atoms with Gasteiger partial charge in [-0.15, -0.1) is 0 Å². The Morgan fingerprint density at radius 1 is 1.31 bits per heavy atom. The maximum atomic E-state index is 11.8. The number of rotatable bonds is 11. The van der Waals surface area contributed by atoms with Crippen LogP contribution in [0.1, 0.15) is 57.6 Å². The van der Waals surface area contributed by atoms with E-state index in [0.717, 1.165) is 43.9 Å². The monoisotopic (exact) mass is 406 g/mol. The van der Waals surface area contributed by atoms with E-state index >= 15 is 0 Å². The first-order chi connectivity index (χ1) is 13.9. The summed E-state index contributed by atoms with van der Waals surface area (Å²) in [5.74, 6) is 0.743. The first kappa shape index (κ1) is 22.0. The molecule has 0 amide bonds. The lowest BCUT2D eigenvalue weighted by Gasteiger charge is -2.30. The van der Waals surface area contributed by atoms with Gasteiger partial charge >= 0.3 is 5.97 Å². The zero-order valence-corrected chi connectivity index (χ0v) is 17.3. The Morgan fingerprint density at radius 3 is 2.69 bits per heavy atom. The van der Waals surface area contributed by atoms with Crippen LogP contribution in [0.4, 0.5) is 0 Å². The van der Waals surface area contributed by atoms with Crippen molar-refractivity contribution < 1.29 is 24.5 Å². The molecule has 4 N–H and O–H groups in total. The summed E-state index contributed by atoms with van der Waals surface area (Å²) in [5, 5.41) is 20.4. The van der Waals surface area contributed by atoms with E-state index < -0.39 is 17.6 Å². The highest BCUT2D eigenvalue weighted by Gasteiger charge is 2.43. The van der Waals surface area contributed by atoms with Gasteiger partial charge in [0.1, 0.15) is 5.75 Å². The molecule has 1 aromatic rings. The molecule has 1 heterocycles. The fraction of sp³-hybridized carbons (Fsp3) is 0.727. The van der Waals surface area contributed by atoms with Gasteiger partial charge in [0, 0.05) is 31.0 Å². The second kappa shape index (κ2) is 9.87. The van der Waals surface area contributed by atoms with Crippen LogP contribution in [0, 0.1) is 11.8 Å². The van der Waals surface area contributed by atoms with Gasteiger partial charge in [0.25, 0.3) is 0 Å². The van der Waals surface area contributed by atoms with E-state index in [1.807, 2.05) is 0 Å². The largest absolute Gasteiger partial charge is 0.490 e. The summed E-state index contributed by atoms with van der Waals surface area (Å²) in [5.41, 5.74) is 4.31. The molecule has 29 heavy (non-hydrogen) atoms. The second-order valence-corrected chi connectivity index (χ2v) is 8.80. The lowest BCUT2D eigenvalue weighted by atomic mass is 9.89. The van der Waals surface area contributed by atoms with Crippen LogP contribution in [-0.4, -0.2) is 52.1 Å². The highest BCUT2D eigenvalue weighted by Crippen LogP contribution is 2.32. The van der Waals surface area contributed by atoms with Gasteiger partial charge in [0.05, 0.1) is 18.8 Å². The van der Waals surface area contributed by atoms with Crippen LogP contribution in [-0.2, 0) is 16.0 Å². The van der Waals surface area contributed by atoms with E-state index in [1.54, 1.807) is 18.3 Å². The number of aliphatic hydroxyl groups is 1. The van der Waals surface area contributed by atoms with Crippen molar-refractivity contribution >= 4 is 5.97 Å². The van der Waals surface area contributed by atoms with Crippen molar-refractivity contribution in [1.29, 1.82) is 0 Å². The molecule has 0 saturated heterocycles. The number of carboxylic acid groups (broad SMARTS) is 1. The zero-order chi connectivity index (χ0) is 20.9. The molecule has 0 aromatic carbocycles. The predicted octanol–water partition coefficient (Wildman–Crippen LogP) is 2.54. The zero-order valence-electron chi connectivity index (χ0n) is 17.3.